The van der Waals surface area contributed by atoms with Crippen LogP contribution in [0.1, 0.15) is 63.3 Å². The third kappa shape index (κ3) is 4.13. The van der Waals surface area contributed by atoms with E-state index in [0.29, 0.717) is 31.5 Å². The molecule has 7 nitrogen and oxygen atoms in total. The first-order chi connectivity index (χ1) is 11.6. The van der Waals surface area contributed by atoms with E-state index in [0.717, 1.165) is 12.8 Å². The Hall–Kier alpha value is -1.47. The van der Waals surface area contributed by atoms with Crippen LogP contribution in [0.5, 0.6) is 0 Å². The molecule has 1 aliphatic heterocycles. The highest BCUT2D eigenvalue weighted by molar-refractivity contribution is 5.81. The van der Waals surface area contributed by atoms with Crippen molar-refractivity contribution in [3.05, 3.63) is 11.8 Å². The van der Waals surface area contributed by atoms with Gasteiger partial charge >= 0.3 is 0 Å². The SMILES string of the molecule is Cc1nnc([C@H]2COCCN2C(=O)[C@@H](C)OC2CCCCCC2)o1. The Kier molecular flexibility index (Phi) is 5.84. The topological polar surface area (TPSA) is 77.7 Å². The second-order valence-corrected chi connectivity index (χ2v) is 6.67. The summed E-state index contributed by atoms with van der Waals surface area (Å²) in [6, 6.07) is -0.326. The van der Waals surface area contributed by atoms with Crippen molar-refractivity contribution in [1.82, 2.24) is 15.1 Å². The summed E-state index contributed by atoms with van der Waals surface area (Å²) in [5.74, 6) is 0.899. The number of aryl methyl sites for hydroxylation is 1. The standard InChI is InChI=1S/C17H27N3O4/c1-12(23-14-7-5-3-4-6-8-14)17(21)20-9-10-22-11-15(20)16-19-18-13(2)24-16/h12,14-15H,3-11H2,1-2H3/t12-,15-/m1/s1. The van der Waals surface area contributed by atoms with Gasteiger partial charge in [-0.1, -0.05) is 25.7 Å². The number of rotatable bonds is 4. The highest BCUT2D eigenvalue weighted by Crippen LogP contribution is 2.26. The van der Waals surface area contributed by atoms with Crippen molar-refractivity contribution in [2.75, 3.05) is 19.8 Å². The van der Waals surface area contributed by atoms with E-state index < -0.39 is 6.10 Å². The summed E-state index contributed by atoms with van der Waals surface area (Å²) in [7, 11) is 0. The lowest BCUT2D eigenvalue weighted by atomic mass is 10.1. The fraction of sp³-hybridized carbons (Fsp3) is 0.824. The van der Waals surface area contributed by atoms with Gasteiger partial charge in [0, 0.05) is 13.5 Å². The molecule has 2 aliphatic rings. The molecular formula is C17H27N3O4. The number of ether oxygens (including phenoxy) is 2. The molecule has 24 heavy (non-hydrogen) atoms. The van der Waals surface area contributed by atoms with E-state index in [1.165, 1.54) is 25.7 Å². The van der Waals surface area contributed by atoms with Gasteiger partial charge in [0.1, 0.15) is 12.1 Å². The molecule has 0 spiro atoms. The summed E-state index contributed by atoms with van der Waals surface area (Å²) in [6.45, 7) is 5.00. The Morgan fingerprint density at radius 2 is 2.00 bits per heavy atom. The molecule has 0 N–H and O–H groups in total. The zero-order valence-corrected chi connectivity index (χ0v) is 14.6. The maximum atomic E-state index is 12.9. The first-order valence-electron chi connectivity index (χ1n) is 8.99. The molecule has 1 saturated heterocycles. The van der Waals surface area contributed by atoms with Crippen LogP contribution in [0.4, 0.5) is 0 Å². The van der Waals surface area contributed by atoms with E-state index >= 15 is 0 Å². The summed E-state index contributed by atoms with van der Waals surface area (Å²) >= 11 is 0. The average molecular weight is 337 g/mol. The van der Waals surface area contributed by atoms with Crippen LogP contribution in [0.2, 0.25) is 0 Å². The molecular weight excluding hydrogens is 310 g/mol. The van der Waals surface area contributed by atoms with Gasteiger partial charge < -0.3 is 18.8 Å². The molecule has 1 aliphatic carbocycles. The Balaban J connectivity index is 1.64. The molecule has 3 rings (SSSR count). The quantitative estimate of drug-likeness (QED) is 0.785. The van der Waals surface area contributed by atoms with E-state index in [4.69, 9.17) is 13.9 Å². The van der Waals surface area contributed by atoms with Gasteiger partial charge in [0.25, 0.3) is 5.91 Å². The predicted molar refractivity (Wildman–Crippen MR) is 86.3 cm³/mol. The third-order valence-corrected chi connectivity index (χ3v) is 4.78. The maximum absolute atomic E-state index is 12.9. The number of hydrogen-bond donors (Lipinski definition) is 0. The molecule has 1 amide bonds. The van der Waals surface area contributed by atoms with Gasteiger partial charge in [-0.05, 0) is 19.8 Å². The lowest BCUT2D eigenvalue weighted by molar-refractivity contribution is -0.156. The van der Waals surface area contributed by atoms with E-state index in [1.54, 1.807) is 11.8 Å². The molecule has 0 unspecified atom stereocenters. The van der Waals surface area contributed by atoms with E-state index in [2.05, 4.69) is 10.2 Å². The molecule has 1 saturated carbocycles. The van der Waals surface area contributed by atoms with Crippen LogP contribution in [0, 0.1) is 6.92 Å². The van der Waals surface area contributed by atoms with Crippen LogP contribution in [-0.4, -0.2) is 53.0 Å². The normalized spacial score (nSPS) is 24.6. The smallest absolute Gasteiger partial charge is 0.252 e. The predicted octanol–water partition coefficient (Wildman–Crippen LogP) is 2.41. The van der Waals surface area contributed by atoms with Crippen LogP contribution in [0.15, 0.2) is 4.42 Å². The number of nitrogens with zero attached hydrogens (tertiary/aromatic N) is 3. The van der Waals surface area contributed by atoms with Crippen LogP contribution in [0.25, 0.3) is 0 Å². The van der Waals surface area contributed by atoms with Crippen LogP contribution >= 0.6 is 0 Å². The molecule has 2 fully saturated rings. The Bertz CT molecular complexity index is 540. The number of amides is 1. The van der Waals surface area contributed by atoms with E-state index in [1.807, 2.05) is 6.92 Å². The van der Waals surface area contributed by atoms with Crippen molar-refractivity contribution >= 4 is 5.91 Å². The van der Waals surface area contributed by atoms with Crippen LogP contribution in [0.3, 0.4) is 0 Å². The monoisotopic (exact) mass is 337 g/mol. The molecule has 2 heterocycles. The summed E-state index contributed by atoms with van der Waals surface area (Å²) in [6.07, 6.45) is 6.74. The minimum atomic E-state index is -0.460. The third-order valence-electron chi connectivity index (χ3n) is 4.78. The molecule has 7 heteroatoms. The van der Waals surface area contributed by atoms with Crippen molar-refractivity contribution in [2.24, 2.45) is 0 Å². The van der Waals surface area contributed by atoms with Gasteiger partial charge in [0.15, 0.2) is 0 Å². The zero-order valence-electron chi connectivity index (χ0n) is 14.6. The maximum Gasteiger partial charge on any atom is 0.252 e. The average Bonchev–Trinajstić information content (AvgIpc) is 2.86. The Morgan fingerprint density at radius 1 is 1.25 bits per heavy atom. The summed E-state index contributed by atoms with van der Waals surface area (Å²) in [4.78, 5) is 14.7. The van der Waals surface area contributed by atoms with Crippen molar-refractivity contribution in [3.8, 4) is 0 Å². The second-order valence-electron chi connectivity index (χ2n) is 6.67. The highest BCUT2D eigenvalue weighted by Gasteiger charge is 2.35. The number of hydrogen-bond acceptors (Lipinski definition) is 6. The first kappa shape index (κ1) is 17.4. The molecule has 0 radical (unpaired) electrons. The second kappa shape index (κ2) is 8.07. The van der Waals surface area contributed by atoms with Crippen LogP contribution in [-0.2, 0) is 14.3 Å². The molecule has 1 aromatic heterocycles. The minimum Gasteiger partial charge on any atom is -0.423 e. The van der Waals surface area contributed by atoms with Gasteiger partial charge in [-0.2, -0.15) is 0 Å². The van der Waals surface area contributed by atoms with E-state index in [9.17, 15) is 4.79 Å². The molecule has 2 atom stereocenters. The number of carbonyl (C=O) groups is 1. The fourth-order valence-electron chi connectivity index (χ4n) is 3.48. The van der Waals surface area contributed by atoms with Crippen molar-refractivity contribution in [1.29, 1.82) is 0 Å². The summed E-state index contributed by atoms with van der Waals surface area (Å²) < 4.78 is 17.1. The van der Waals surface area contributed by atoms with Gasteiger partial charge in [-0.3, -0.25) is 4.79 Å². The molecule has 1 aromatic rings. The number of morpholine rings is 1. The Labute approximate surface area is 142 Å². The van der Waals surface area contributed by atoms with Gasteiger partial charge in [-0.15, -0.1) is 10.2 Å². The number of carbonyl (C=O) groups excluding carboxylic acids is 1. The van der Waals surface area contributed by atoms with Crippen molar-refractivity contribution in [2.45, 2.75) is 70.6 Å². The lowest BCUT2D eigenvalue weighted by Crippen LogP contribution is -2.48. The van der Waals surface area contributed by atoms with Crippen molar-refractivity contribution in [3.63, 3.8) is 0 Å². The minimum absolute atomic E-state index is 0.0246. The molecule has 0 aromatic carbocycles. The molecule has 134 valence electrons. The number of aromatic nitrogens is 2. The van der Waals surface area contributed by atoms with Gasteiger partial charge in [0.05, 0.1) is 19.3 Å². The van der Waals surface area contributed by atoms with E-state index in [-0.39, 0.29) is 18.1 Å². The van der Waals surface area contributed by atoms with Gasteiger partial charge in [0.2, 0.25) is 11.8 Å². The fourth-order valence-corrected chi connectivity index (χ4v) is 3.48. The Morgan fingerprint density at radius 3 is 2.67 bits per heavy atom. The first-order valence-corrected chi connectivity index (χ1v) is 8.99. The summed E-state index contributed by atoms with van der Waals surface area (Å²) in [5.41, 5.74) is 0. The molecule has 0 bridgehead atoms. The largest absolute Gasteiger partial charge is 0.423 e. The zero-order chi connectivity index (χ0) is 16.9. The van der Waals surface area contributed by atoms with Crippen LogP contribution < -0.4 is 0 Å². The summed E-state index contributed by atoms with van der Waals surface area (Å²) in [5, 5.41) is 7.92. The van der Waals surface area contributed by atoms with Gasteiger partial charge in [-0.25, -0.2) is 0 Å². The highest BCUT2D eigenvalue weighted by atomic mass is 16.5. The lowest BCUT2D eigenvalue weighted by Gasteiger charge is -2.35. The van der Waals surface area contributed by atoms with Crippen molar-refractivity contribution < 1.29 is 18.7 Å².